The second-order valence-corrected chi connectivity index (χ2v) is 2.78. The molecule has 0 fully saturated rings. The van der Waals surface area contributed by atoms with Gasteiger partial charge in [-0.25, -0.2) is 0 Å². The Bertz CT molecular complexity index is 476. The monoisotopic (exact) mass is 280 g/mol. The average molecular weight is 282 g/mol. The average Bonchev–Trinajstić information content (AvgIpc) is 2.17. The predicted octanol–water partition coefficient (Wildman–Crippen LogP) is 2.60. The molecule has 2 aromatic rings. The number of benzene rings is 1. The van der Waals surface area contributed by atoms with Crippen molar-refractivity contribution in [2.75, 3.05) is 0 Å². The van der Waals surface area contributed by atoms with Crippen molar-refractivity contribution >= 4 is 54.0 Å². The number of carbonyl (C=O) groups is 1. The van der Waals surface area contributed by atoms with Gasteiger partial charge in [0.25, 0.3) is 0 Å². The van der Waals surface area contributed by atoms with Crippen LogP contribution in [0.15, 0.2) is 36.5 Å². The van der Waals surface area contributed by atoms with Gasteiger partial charge in [0.05, 0.1) is 11.1 Å². The minimum absolute atomic E-state index is 0. The van der Waals surface area contributed by atoms with Gasteiger partial charge in [-0.2, -0.15) is 0 Å². The topological polar surface area (TPSA) is 56.0 Å². The van der Waals surface area contributed by atoms with Crippen LogP contribution in [0.2, 0.25) is 0 Å². The van der Waals surface area contributed by atoms with Crippen molar-refractivity contribution < 1.29 is 4.79 Å². The van der Waals surface area contributed by atoms with Crippen molar-refractivity contribution in [2.45, 2.75) is 0 Å². The first-order valence-electron chi connectivity index (χ1n) is 3.92. The normalized spacial score (nSPS) is 8.25. The molecule has 0 aliphatic rings. The van der Waals surface area contributed by atoms with E-state index in [-0.39, 0.29) is 37.2 Å². The first kappa shape index (κ1) is 17.4. The Kier molecular flexibility index (Phi) is 7.90. The Hall–Kier alpha value is -1.03. The number of pyridine rings is 1. The first-order valence-corrected chi connectivity index (χ1v) is 3.92. The molecule has 2 rings (SSSR count). The van der Waals surface area contributed by atoms with Gasteiger partial charge < -0.3 is 5.73 Å². The number of primary amides is 1. The lowest BCUT2D eigenvalue weighted by molar-refractivity contribution is 0.1000. The second kappa shape index (κ2) is 7.28. The third-order valence-electron chi connectivity index (χ3n) is 1.87. The van der Waals surface area contributed by atoms with Gasteiger partial charge in [0.15, 0.2) is 0 Å². The molecule has 0 unspecified atom stereocenters. The number of carbonyl (C=O) groups excluding carboxylic acids is 1. The smallest absolute Gasteiger partial charge is 0.250 e. The quantitative estimate of drug-likeness (QED) is 0.873. The zero-order valence-corrected chi connectivity index (χ0v) is 10.6. The van der Waals surface area contributed by atoms with E-state index in [1.165, 1.54) is 6.20 Å². The summed E-state index contributed by atoms with van der Waals surface area (Å²) >= 11 is 0. The zero-order valence-electron chi connectivity index (χ0n) is 8.12. The van der Waals surface area contributed by atoms with Crippen LogP contribution in [-0.4, -0.2) is 10.9 Å². The number of fused-ring (bicyclic) bond motifs is 1. The van der Waals surface area contributed by atoms with Crippen LogP contribution < -0.4 is 5.73 Å². The van der Waals surface area contributed by atoms with Crippen molar-refractivity contribution in [3.8, 4) is 0 Å². The molecule has 0 aliphatic carbocycles. The van der Waals surface area contributed by atoms with Crippen molar-refractivity contribution in [3.63, 3.8) is 0 Å². The van der Waals surface area contributed by atoms with E-state index in [1.807, 2.05) is 24.3 Å². The number of para-hydroxylation sites is 1. The fourth-order valence-corrected chi connectivity index (χ4v) is 1.21. The highest BCUT2D eigenvalue weighted by atomic mass is 35.5. The number of halogens is 3. The van der Waals surface area contributed by atoms with Gasteiger partial charge in [-0.3, -0.25) is 9.78 Å². The van der Waals surface area contributed by atoms with Crippen LogP contribution in [0.25, 0.3) is 10.9 Å². The van der Waals surface area contributed by atoms with Gasteiger partial charge in [-0.15, -0.1) is 37.2 Å². The molecular formula is C10H11Cl3N2O. The van der Waals surface area contributed by atoms with Gasteiger partial charge in [-0.05, 0) is 12.1 Å². The number of rotatable bonds is 1. The summed E-state index contributed by atoms with van der Waals surface area (Å²) in [5.41, 5.74) is 6.44. The molecule has 0 aliphatic heterocycles. The van der Waals surface area contributed by atoms with Gasteiger partial charge in [0.1, 0.15) is 0 Å². The summed E-state index contributed by atoms with van der Waals surface area (Å²) in [6.07, 6.45) is 1.49. The van der Waals surface area contributed by atoms with Gasteiger partial charge >= 0.3 is 0 Å². The molecule has 1 amide bonds. The van der Waals surface area contributed by atoms with E-state index < -0.39 is 5.91 Å². The molecule has 0 spiro atoms. The van der Waals surface area contributed by atoms with E-state index in [9.17, 15) is 4.79 Å². The minimum Gasteiger partial charge on any atom is -0.366 e. The maximum atomic E-state index is 10.8. The number of hydrogen-bond donors (Lipinski definition) is 1. The maximum absolute atomic E-state index is 10.8. The standard InChI is InChI=1S/C10H8N2O.3ClH/c11-10(13)8-5-7-3-1-2-4-9(7)12-6-8;;;/h1-6H,(H2,11,13);3*1H. The van der Waals surface area contributed by atoms with Crippen LogP contribution in [0, 0.1) is 0 Å². The molecule has 0 bridgehead atoms. The summed E-state index contributed by atoms with van der Waals surface area (Å²) in [6.45, 7) is 0. The molecule has 1 aromatic carbocycles. The molecule has 0 atom stereocenters. The van der Waals surface area contributed by atoms with Crippen LogP contribution >= 0.6 is 37.2 Å². The summed E-state index contributed by atoms with van der Waals surface area (Å²) in [5, 5.41) is 0.929. The Morgan fingerprint density at radius 2 is 1.75 bits per heavy atom. The molecule has 2 N–H and O–H groups in total. The predicted molar refractivity (Wildman–Crippen MR) is 72.0 cm³/mol. The van der Waals surface area contributed by atoms with E-state index in [2.05, 4.69) is 4.98 Å². The largest absolute Gasteiger partial charge is 0.366 e. The fourth-order valence-electron chi connectivity index (χ4n) is 1.21. The third-order valence-corrected chi connectivity index (χ3v) is 1.87. The molecule has 1 aromatic heterocycles. The molecule has 6 heteroatoms. The number of nitrogens with zero attached hydrogens (tertiary/aromatic N) is 1. The lowest BCUT2D eigenvalue weighted by Crippen LogP contribution is -2.10. The molecule has 1 heterocycles. The molecule has 0 saturated carbocycles. The van der Waals surface area contributed by atoms with Gasteiger partial charge in [-0.1, -0.05) is 18.2 Å². The summed E-state index contributed by atoms with van der Waals surface area (Å²) in [5.74, 6) is -0.446. The fraction of sp³-hybridized carbons (Fsp3) is 0. The Balaban J connectivity index is 0. The van der Waals surface area contributed by atoms with Crippen LogP contribution in [0.3, 0.4) is 0 Å². The van der Waals surface area contributed by atoms with E-state index in [4.69, 9.17) is 5.73 Å². The maximum Gasteiger partial charge on any atom is 0.250 e. The molecule has 16 heavy (non-hydrogen) atoms. The number of amides is 1. The molecule has 0 saturated heterocycles. The summed E-state index contributed by atoms with van der Waals surface area (Å²) < 4.78 is 0. The highest BCUT2D eigenvalue weighted by molar-refractivity contribution is 5.96. The van der Waals surface area contributed by atoms with E-state index >= 15 is 0 Å². The highest BCUT2D eigenvalue weighted by Gasteiger charge is 2.01. The van der Waals surface area contributed by atoms with Crippen LogP contribution in [0.1, 0.15) is 10.4 Å². The van der Waals surface area contributed by atoms with E-state index in [0.717, 1.165) is 10.9 Å². The van der Waals surface area contributed by atoms with Crippen LogP contribution in [0.5, 0.6) is 0 Å². The number of aromatic nitrogens is 1. The second-order valence-electron chi connectivity index (χ2n) is 2.78. The van der Waals surface area contributed by atoms with Gasteiger partial charge in [0.2, 0.25) is 5.91 Å². The Labute approximate surface area is 112 Å². The van der Waals surface area contributed by atoms with Crippen LogP contribution in [0.4, 0.5) is 0 Å². The molecule has 0 radical (unpaired) electrons. The highest BCUT2D eigenvalue weighted by Crippen LogP contribution is 2.11. The Morgan fingerprint density at radius 3 is 2.38 bits per heavy atom. The first-order chi connectivity index (χ1) is 6.27. The summed E-state index contributed by atoms with van der Waals surface area (Å²) in [6, 6.07) is 9.33. The summed E-state index contributed by atoms with van der Waals surface area (Å²) in [7, 11) is 0. The zero-order chi connectivity index (χ0) is 9.26. The number of hydrogen-bond acceptors (Lipinski definition) is 2. The Morgan fingerprint density at radius 1 is 1.12 bits per heavy atom. The van der Waals surface area contributed by atoms with Gasteiger partial charge in [0, 0.05) is 11.6 Å². The summed E-state index contributed by atoms with van der Waals surface area (Å²) in [4.78, 5) is 14.9. The lowest BCUT2D eigenvalue weighted by Gasteiger charge is -1.97. The van der Waals surface area contributed by atoms with E-state index in [1.54, 1.807) is 6.07 Å². The van der Waals surface area contributed by atoms with E-state index in [0.29, 0.717) is 5.56 Å². The lowest BCUT2D eigenvalue weighted by atomic mass is 10.1. The number of nitrogens with two attached hydrogens (primary N) is 1. The molecule has 88 valence electrons. The SMILES string of the molecule is Cl.Cl.Cl.NC(=O)c1cnc2ccccc2c1. The van der Waals surface area contributed by atoms with Crippen molar-refractivity contribution in [3.05, 3.63) is 42.1 Å². The third kappa shape index (κ3) is 3.52. The molecular weight excluding hydrogens is 270 g/mol. The van der Waals surface area contributed by atoms with Crippen LogP contribution in [-0.2, 0) is 0 Å². The minimum atomic E-state index is -0.446. The van der Waals surface area contributed by atoms with Crippen molar-refractivity contribution in [1.82, 2.24) is 4.98 Å². The van der Waals surface area contributed by atoms with Crippen molar-refractivity contribution in [2.24, 2.45) is 5.73 Å². The van der Waals surface area contributed by atoms with Crippen molar-refractivity contribution in [1.29, 1.82) is 0 Å². The molecule has 3 nitrogen and oxygen atoms in total.